The number of benzene rings is 7. The maximum Gasteiger partial charge on any atom is 0.227 e. The summed E-state index contributed by atoms with van der Waals surface area (Å²) < 4.78 is 6.71. The Bertz CT molecular complexity index is 4030. The van der Waals surface area contributed by atoms with Gasteiger partial charge < -0.3 is 4.42 Å². The molecule has 0 N–H and O–H groups in total. The Morgan fingerprint density at radius 3 is 1.04 bits per heavy atom. The highest BCUT2D eigenvalue weighted by atomic mass is 16.3. The van der Waals surface area contributed by atoms with Crippen molar-refractivity contribution >= 4 is 65.5 Å². The molecule has 0 aliphatic rings. The lowest BCUT2D eigenvalue weighted by Gasteiger charge is -2.15. The van der Waals surface area contributed by atoms with Gasteiger partial charge >= 0.3 is 0 Å². The van der Waals surface area contributed by atoms with Gasteiger partial charge in [-0.3, -0.25) is 19.9 Å². The van der Waals surface area contributed by atoms with Crippen molar-refractivity contribution in [3.63, 3.8) is 0 Å². The first-order valence-electron chi connectivity index (χ1n) is 23.5. The summed E-state index contributed by atoms with van der Waals surface area (Å²) in [4.78, 5) is 35.4. The van der Waals surface area contributed by atoms with E-state index in [0.29, 0.717) is 11.5 Å². The van der Waals surface area contributed by atoms with E-state index in [1.54, 1.807) is 0 Å². The van der Waals surface area contributed by atoms with Crippen molar-refractivity contribution in [2.75, 3.05) is 0 Å². The zero-order chi connectivity index (χ0) is 46.8. The van der Waals surface area contributed by atoms with Crippen molar-refractivity contribution in [2.24, 2.45) is 0 Å². The summed E-state index contributed by atoms with van der Waals surface area (Å²) in [5.74, 6) is 0.512. The number of hydrogen-bond donors (Lipinski definition) is 0. The second-order valence-electron chi connectivity index (χ2n) is 17.9. The second-order valence-corrected chi connectivity index (χ2v) is 17.9. The molecule has 0 saturated carbocycles. The van der Waals surface area contributed by atoms with Crippen LogP contribution in [0.1, 0.15) is 0 Å². The maximum absolute atomic E-state index is 6.71. The van der Waals surface area contributed by atoms with Gasteiger partial charge in [0.2, 0.25) is 5.89 Å². The number of fused-ring (bicyclic) bond motifs is 7. The molecule has 330 valence electrons. The fourth-order valence-electron chi connectivity index (χ4n) is 9.70. The van der Waals surface area contributed by atoms with Gasteiger partial charge in [0.25, 0.3) is 0 Å². The largest absolute Gasteiger partial charge is 0.436 e. The summed E-state index contributed by atoms with van der Waals surface area (Å²) in [6.45, 7) is 0. The van der Waals surface area contributed by atoms with E-state index in [-0.39, 0.29) is 0 Å². The van der Waals surface area contributed by atoms with E-state index in [2.05, 4.69) is 109 Å². The van der Waals surface area contributed by atoms with Crippen LogP contribution in [0.15, 0.2) is 229 Å². The first-order chi connectivity index (χ1) is 35.1. The zero-order valence-corrected chi connectivity index (χ0v) is 37.9. The normalized spacial score (nSPS) is 11.7. The first-order valence-corrected chi connectivity index (χ1v) is 23.5. The molecule has 71 heavy (non-hydrogen) atoms. The van der Waals surface area contributed by atoms with Crippen molar-refractivity contribution in [1.82, 2.24) is 34.9 Å². The number of nitrogens with zero attached hydrogens (tertiary/aromatic N) is 7. The molecular formula is C63H37N7O. The van der Waals surface area contributed by atoms with E-state index in [4.69, 9.17) is 39.3 Å². The monoisotopic (exact) mass is 907 g/mol. The van der Waals surface area contributed by atoms with E-state index < -0.39 is 0 Å². The number of hydrogen-bond acceptors (Lipinski definition) is 8. The van der Waals surface area contributed by atoms with Crippen LogP contribution in [0.2, 0.25) is 0 Å². The third-order valence-corrected chi connectivity index (χ3v) is 13.3. The Hall–Kier alpha value is -9.79. The second kappa shape index (κ2) is 16.5. The summed E-state index contributed by atoms with van der Waals surface area (Å²) in [7, 11) is 0. The molecule has 0 fully saturated rings. The Kier molecular flexibility index (Phi) is 9.35. The highest BCUT2D eigenvalue weighted by Gasteiger charge is 2.19. The number of para-hydroxylation sites is 4. The maximum atomic E-state index is 6.71. The van der Waals surface area contributed by atoms with Gasteiger partial charge in [0.1, 0.15) is 5.52 Å². The Balaban J connectivity index is 1.02. The van der Waals surface area contributed by atoms with Crippen LogP contribution >= 0.6 is 0 Å². The third kappa shape index (κ3) is 7.38. The van der Waals surface area contributed by atoms with E-state index in [1.165, 1.54) is 0 Å². The molecule has 0 saturated heterocycles. The summed E-state index contributed by atoms with van der Waals surface area (Å²) in [5, 5.41) is 6.26. The lowest BCUT2D eigenvalue weighted by atomic mass is 9.93. The van der Waals surface area contributed by atoms with Crippen molar-refractivity contribution in [3.8, 4) is 78.7 Å². The standard InChI is InChI=1S/C63H37N7O/c1-6-16-52-38(11-1)21-22-61-62(52)70-63(71-61)47-28-43(45-30-57(48-23-39-12-2-7-17-53(39)64-34-48)68-58(31-45)49-24-40-13-3-8-18-54(40)65-35-49)27-44(29-47)46-32-59(50-25-41-14-4-9-19-55(41)66-36-50)69-60(33-46)51-26-42-15-5-10-20-56(42)67-37-51/h1-37H. The number of rotatable bonds is 7. The van der Waals surface area contributed by atoms with Gasteiger partial charge in [-0.2, -0.15) is 0 Å². The van der Waals surface area contributed by atoms with Crippen LogP contribution in [0.25, 0.3) is 144 Å². The van der Waals surface area contributed by atoms with Crippen LogP contribution in [0.5, 0.6) is 0 Å². The van der Waals surface area contributed by atoms with Crippen LogP contribution < -0.4 is 0 Å². The predicted molar refractivity (Wildman–Crippen MR) is 286 cm³/mol. The van der Waals surface area contributed by atoms with E-state index in [0.717, 1.165) is 133 Å². The molecule has 7 aromatic carbocycles. The number of pyridine rings is 6. The molecule has 7 aromatic heterocycles. The van der Waals surface area contributed by atoms with Crippen LogP contribution in [-0.4, -0.2) is 34.9 Å². The molecule has 0 aliphatic carbocycles. The van der Waals surface area contributed by atoms with Gasteiger partial charge in [0, 0.05) is 79.5 Å². The molecule has 0 spiro atoms. The smallest absolute Gasteiger partial charge is 0.227 e. The lowest BCUT2D eigenvalue weighted by Crippen LogP contribution is -1.95. The number of oxazole rings is 1. The summed E-state index contributed by atoms with van der Waals surface area (Å²) in [6, 6.07) is 68.8. The van der Waals surface area contributed by atoms with Gasteiger partial charge in [-0.25, -0.2) is 15.0 Å². The lowest BCUT2D eigenvalue weighted by molar-refractivity contribution is 0.620. The van der Waals surface area contributed by atoms with Crippen molar-refractivity contribution in [1.29, 1.82) is 0 Å². The van der Waals surface area contributed by atoms with Crippen LogP contribution in [0.3, 0.4) is 0 Å². The predicted octanol–water partition coefficient (Wildman–Crippen LogP) is 15.6. The summed E-state index contributed by atoms with van der Waals surface area (Å²) in [5.41, 5.74) is 16.5. The molecule has 0 atom stereocenters. The average molecular weight is 908 g/mol. The minimum Gasteiger partial charge on any atom is -0.436 e. The molecule has 0 amide bonds. The van der Waals surface area contributed by atoms with Crippen molar-refractivity contribution < 1.29 is 4.42 Å². The Morgan fingerprint density at radius 1 is 0.268 bits per heavy atom. The molecule has 0 radical (unpaired) electrons. The Morgan fingerprint density at radius 2 is 0.620 bits per heavy atom. The topological polar surface area (TPSA) is 103 Å². The van der Waals surface area contributed by atoms with Crippen LogP contribution in [-0.2, 0) is 0 Å². The highest BCUT2D eigenvalue weighted by Crippen LogP contribution is 2.40. The van der Waals surface area contributed by atoms with E-state index in [1.807, 2.05) is 116 Å². The molecule has 7 heterocycles. The molecule has 8 heteroatoms. The van der Waals surface area contributed by atoms with Gasteiger partial charge in [-0.05, 0) is 125 Å². The quantitative estimate of drug-likeness (QED) is 0.156. The first kappa shape index (κ1) is 40.3. The minimum absolute atomic E-state index is 0.512. The van der Waals surface area contributed by atoms with Gasteiger partial charge in [-0.1, -0.05) is 103 Å². The molecule has 14 aromatic rings. The van der Waals surface area contributed by atoms with Gasteiger partial charge in [0.15, 0.2) is 5.58 Å². The number of aromatic nitrogens is 7. The SMILES string of the molecule is c1ccc2ncc(-c3cc(-c4cc(-c5cc(-c6cnc7ccccc7c6)nc(-c6cnc7ccccc7c6)c5)cc(-c5nc6c(ccc7ccccc76)o5)c4)cc(-c4cnc5ccccc5c4)n3)cc2c1. The van der Waals surface area contributed by atoms with Gasteiger partial charge in [0.05, 0.1) is 44.8 Å². The average Bonchev–Trinajstić information content (AvgIpc) is 3.90. The minimum atomic E-state index is 0.512. The molecule has 8 nitrogen and oxygen atoms in total. The molecule has 0 aliphatic heterocycles. The van der Waals surface area contributed by atoms with Crippen LogP contribution in [0, 0.1) is 0 Å². The molecule has 14 rings (SSSR count). The molecule has 0 unspecified atom stereocenters. The van der Waals surface area contributed by atoms with Crippen molar-refractivity contribution in [3.05, 3.63) is 225 Å². The summed E-state index contributed by atoms with van der Waals surface area (Å²) in [6.07, 6.45) is 7.63. The third-order valence-electron chi connectivity index (χ3n) is 13.3. The zero-order valence-electron chi connectivity index (χ0n) is 37.9. The van der Waals surface area contributed by atoms with Crippen LogP contribution in [0.4, 0.5) is 0 Å². The van der Waals surface area contributed by atoms with Gasteiger partial charge in [-0.15, -0.1) is 0 Å². The van der Waals surface area contributed by atoms with E-state index >= 15 is 0 Å². The fraction of sp³-hybridized carbons (Fsp3) is 0. The fourth-order valence-corrected chi connectivity index (χ4v) is 9.70. The highest BCUT2D eigenvalue weighted by molar-refractivity contribution is 6.04. The van der Waals surface area contributed by atoms with Crippen molar-refractivity contribution in [2.45, 2.75) is 0 Å². The molecular weight excluding hydrogens is 871 g/mol. The molecule has 0 bridgehead atoms. The van der Waals surface area contributed by atoms with E-state index in [9.17, 15) is 0 Å². The summed E-state index contributed by atoms with van der Waals surface area (Å²) >= 11 is 0. The Labute approximate surface area is 406 Å².